The Morgan fingerprint density at radius 1 is 0.867 bits per heavy atom. The number of hydrogen-bond acceptors (Lipinski definition) is 6. The fraction of sp³-hybridized carbons (Fsp3) is 0.921. The Hall–Kier alpha value is -0.990. The number of rotatable bonds is 5. The maximum Gasteiger partial charge on any atom is 0.310 e. The van der Waals surface area contributed by atoms with Crippen molar-refractivity contribution >= 4 is 5.97 Å². The maximum absolute atomic E-state index is 13.0. The van der Waals surface area contributed by atoms with Crippen LogP contribution in [0.3, 0.4) is 0 Å². The van der Waals surface area contributed by atoms with Crippen LogP contribution in [0.25, 0.3) is 0 Å². The van der Waals surface area contributed by atoms with Gasteiger partial charge in [-0.25, -0.2) is 0 Å². The summed E-state index contributed by atoms with van der Waals surface area (Å²) in [7, 11) is 0. The van der Waals surface area contributed by atoms with Crippen molar-refractivity contribution in [1.82, 2.24) is 0 Å². The van der Waals surface area contributed by atoms with E-state index in [1.165, 1.54) is 5.57 Å². The lowest BCUT2D eigenvalue weighted by molar-refractivity contribution is -0.248. The van der Waals surface area contributed by atoms with Crippen molar-refractivity contribution in [3.63, 3.8) is 0 Å². The van der Waals surface area contributed by atoms with Crippen LogP contribution in [-0.4, -0.2) is 68.6 Å². The predicted octanol–water partition coefficient (Wildman–Crippen LogP) is 6.11. The van der Waals surface area contributed by atoms with Crippen molar-refractivity contribution in [2.75, 3.05) is 13.2 Å². The average Bonchev–Trinajstić information content (AvgIpc) is 2.96. The first-order chi connectivity index (χ1) is 20.8. The number of allylic oxidation sites excluding steroid dienone is 2. The molecule has 6 aliphatic rings. The number of hydrogen-bond donors (Lipinski definition) is 5. The Kier molecular flexibility index (Phi) is 8.10. The van der Waals surface area contributed by atoms with Gasteiger partial charge >= 0.3 is 5.97 Å². The molecule has 5 N–H and O–H groups in total. The molecule has 0 aromatic heterocycles. The molecule has 0 bridgehead atoms. The van der Waals surface area contributed by atoms with Gasteiger partial charge in [-0.05, 0) is 121 Å². The van der Waals surface area contributed by atoms with Crippen LogP contribution in [0.5, 0.6) is 0 Å². The zero-order valence-corrected chi connectivity index (χ0v) is 29.1. The number of aliphatic hydroxyl groups excluding tert-OH is 4. The molecule has 5 fully saturated rings. The molecule has 256 valence electrons. The fourth-order valence-corrected chi connectivity index (χ4v) is 13.0. The smallest absolute Gasteiger partial charge is 0.310 e. The van der Waals surface area contributed by atoms with E-state index in [0.29, 0.717) is 18.3 Å². The van der Waals surface area contributed by atoms with Crippen LogP contribution in [0.1, 0.15) is 126 Å². The van der Waals surface area contributed by atoms with Gasteiger partial charge in [-0.1, -0.05) is 60.1 Å². The van der Waals surface area contributed by atoms with Crippen molar-refractivity contribution < 1.29 is 35.1 Å². The Bertz CT molecular complexity index is 1200. The van der Waals surface area contributed by atoms with Crippen LogP contribution >= 0.6 is 0 Å². The molecule has 0 amide bonds. The Labute approximate surface area is 271 Å². The lowest BCUT2D eigenvalue weighted by atomic mass is 9.33. The molecule has 1 heterocycles. The molecule has 0 radical (unpaired) electrons. The van der Waals surface area contributed by atoms with Crippen molar-refractivity contribution in [3.05, 3.63) is 11.6 Å². The summed E-state index contributed by atoms with van der Waals surface area (Å²) in [5.41, 5.74) is -0.00366. The summed E-state index contributed by atoms with van der Waals surface area (Å²) in [6, 6.07) is 0. The quantitative estimate of drug-likeness (QED) is 0.232. The van der Waals surface area contributed by atoms with Crippen LogP contribution in [-0.2, 0) is 9.53 Å². The average molecular weight is 631 g/mol. The van der Waals surface area contributed by atoms with E-state index in [1.807, 2.05) is 0 Å². The van der Waals surface area contributed by atoms with E-state index < -0.39 is 35.3 Å². The van der Waals surface area contributed by atoms with Crippen molar-refractivity contribution in [2.24, 2.45) is 56.2 Å². The lowest BCUT2D eigenvalue weighted by Gasteiger charge is -2.71. The normalized spacial score (nSPS) is 49.8. The zero-order valence-electron chi connectivity index (χ0n) is 29.1. The SMILES string of the molecule is CC1(C)CC[C@]2(C(=O)O)CC[C@]3(C)C(=CCC4[C@@]5(C)CC[C@@H](C[C@H]6OC(CO)(CO)CC(O)C6O)C(C)(C)C5CC[C@]43C)C2C1. The second-order valence-electron chi connectivity index (χ2n) is 18.9. The summed E-state index contributed by atoms with van der Waals surface area (Å²) in [4.78, 5) is 13.0. The molecule has 0 spiro atoms. The summed E-state index contributed by atoms with van der Waals surface area (Å²) in [5, 5.41) is 52.3. The first-order valence-corrected chi connectivity index (χ1v) is 18.0. The van der Waals surface area contributed by atoms with Gasteiger partial charge in [0.25, 0.3) is 0 Å². The number of carboxylic acids is 1. The second-order valence-corrected chi connectivity index (χ2v) is 18.9. The maximum atomic E-state index is 13.0. The van der Waals surface area contributed by atoms with Gasteiger partial charge in [0.05, 0.1) is 30.8 Å². The highest BCUT2D eigenvalue weighted by atomic mass is 16.5. The molecule has 7 nitrogen and oxygen atoms in total. The van der Waals surface area contributed by atoms with Crippen LogP contribution in [0, 0.1) is 56.2 Å². The van der Waals surface area contributed by atoms with E-state index >= 15 is 0 Å². The first kappa shape index (κ1) is 33.9. The molecule has 6 rings (SSSR count). The fourth-order valence-electron chi connectivity index (χ4n) is 13.0. The number of carbonyl (C=O) groups is 1. The van der Waals surface area contributed by atoms with E-state index in [9.17, 15) is 30.3 Å². The van der Waals surface area contributed by atoms with Crippen LogP contribution in [0.2, 0.25) is 0 Å². The minimum Gasteiger partial charge on any atom is -0.481 e. The number of ether oxygens (including phenoxy) is 1. The number of aliphatic carboxylic acids is 1. The standard InChI is InChI=1S/C38H62O7/c1-32(2)14-16-38(31(43)44)17-15-35(6)24(25(38)19-32)8-9-29-34(5)12-10-23(33(3,4)28(34)11-13-36(29,35)7)18-27-30(42)26(41)20-37(21-39,22-40)45-27/h8,23,25-30,39-42H,9-22H2,1-7H3,(H,43,44)/t23-,25?,26?,27+,28?,29?,30?,34-,35+,36+,38-/m0/s1. The molecule has 11 atom stereocenters. The molecule has 5 unspecified atom stereocenters. The molecule has 45 heavy (non-hydrogen) atoms. The highest BCUT2D eigenvalue weighted by Crippen LogP contribution is 2.76. The summed E-state index contributed by atoms with van der Waals surface area (Å²) >= 11 is 0. The van der Waals surface area contributed by atoms with Gasteiger partial charge in [0.2, 0.25) is 0 Å². The summed E-state index contributed by atoms with van der Waals surface area (Å²) < 4.78 is 6.21. The topological polar surface area (TPSA) is 127 Å². The third-order valence-corrected chi connectivity index (χ3v) is 16.2. The van der Waals surface area contributed by atoms with Gasteiger partial charge in [0, 0.05) is 6.42 Å². The molecule has 1 aliphatic heterocycles. The van der Waals surface area contributed by atoms with Gasteiger partial charge in [0.1, 0.15) is 11.7 Å². The minimum absolute atomic E-state index is 0.00394. The largest absolute Gasteiger partial charge is 0.481 e. The second kappa shape index (κ2) is 10.8. The van der Waals surface area contributed by atoms with Gasteiger partial charge in [0.15, 0.2) is 0 Å². The molecule has 1 saturated heterocycles. The van der Waals surface area contributed by atoms with E-state index in [1.54, 1.807) is 0 Å². The monoisotopic (exact) mass is 630 g/mol. The predicted molar refractivity (Wildman–Crippen MR) is 173 cm³/mol. The van der Waals surface area contributed by atoms with Gasteiger partial charge < -0.3 is 30.3 Å². The number of carboxylic acid groups (broad SMARTS) is 1. The molecular weight excluding hydrogens is 568 g/mol. The molecule has 0 aromatic rings. The Balaban J connectivity index is 1.29. The first-order valence-electron chi connectivity index (χ1n) is 18.0. The van der Waals surface area contributed by atoms with Crippen LogP contribution in [0.4, 0.5) is 0 Å². The van der Waals surface area contributed by atoms with Gasteiger partial charge in [-0.3, -0.25) is 4.79 Å². The summed E-state index contributed by atoms with van der Waals surface area (Å²) in [5.74, 6) is 0.822. The third kappa shape index (κ3) is 4.70. The van der Waals surface area contributed by atoms with Gasteiger partial charge in [-0.2, -0.15) is 0 Å². The molecular formula is C38H62O7. The highest BCUT2D eigenvalue weighted by Gasteiger charge is 2.69. The molecule has 5 aliphatic carbocycles. The van der Waals surface area contributed by atoms with Crippen molar-refractivity contribution in [2.45, 2.75) is 149 Å². The third-order valence-electron chi connectivity index (χ3n) is 16.2. The van der Waals surface area contributed by atoms with E-state index in [4.69, 9.17) is 4.74 Å². The van der Waals surface area contributed by atoms with Gasteiger partial charge in [-0.15, -0.1) is 0 Å². The Morgan fingerprint density at radius 2 is 1.53 bits per heavy atom. The van der Waals surface area contributed by atoms with Crippen LogP contribution in [0.15, 0.2) is 11.6 Å². The van der Waals surface area contributed by atoms with E-state index in [2.05, 4.69) is 54.5 Å². The zero-order chi connectivity index (χ0) is 33.0. The van der Waals surface area contributed by atoms with E-state index in [0.717, 1.165) is 64.2 Å². The van der Waals surface area contributed by atoms with Crippen molar-refractivity contribution in [1.29, 1.82) is 0 Å². The molecule has 7 heteroatoms. The minimum atomic E-state index is -1.23. The number of fused-ring (bicyclic) bond motifs is 7. The summed E-state index contributed by atoms with van der Waals surface area (Å²) in [6.45, 7) is 16.3. The Morgan fingerprint density at radius 3 is 2.18 bits per heavy atom. The van der Waals surface area contributed by atoms with E-state index in [-0.39, 0.29) is 58.5 Å². The highest BCUT2D eigenvalue weighted by molar-refractivity contribution is 5.76. The van der Waals surface area contributed by atoms with Crippen LogP contribution < -0.4 is 0 Å². The van der Waals surface area contributed by atoms with Crippen molar-refractivity contribution in [3.8, 4) is 0 Å². The lowest BCUT2D eigenvalue weighted by Crippen LogP contribution is -2.65. The molecule has 0 aromatic carbocycles. The summed E-state index contributed by atoms with van der Waals surface area (Å²) in [6.07, 6.45) is 10.3. The molecule has 4 saturated carbocycles. The number of aliphatic hydroxyl groups is 4.